The molecule has 5 heteroatoms. The third-order valence-electron chi connectivity index (χ3n) is 2.98. The minimum Gasteiger partial charge on any atom is -0.298 e. The Hall–Kier alpha value is -0.0600. The number of carbonyl (C=O) groups excluding carboxylic acids is 1. The maximum atomic E-state index is 12.3. The molecule has 1 saturated carbocycles. The van der Waals surface area contributed by atoms with Gasteiger partial charge in [-0.05, 0) is 32.6 Å². The molecule has 1 atom stereocenters. The topological polar surface area (TPSA) is 17.1 Å². The van der Waals surface area contributed by atoms with Gasteiger partial charge < -0.3 is 0 Å². The highest BCUT2D eigenvalue weighted by molar-refractivity contribution is 9.10. The third-order valence-corrected chi connectivity index (χ3v) is 3.44. The maximum Gasteiger partial charge on any atom is 0.391 e. The second-order valence-electron chi connectivity index (χ2n) is 4.11. The van der Waals surface area contributed by atoms with Crippen molar-refractivity contribution in [3.8, 4) is 0 Å². The molecular formula is C10H14BrF3O. The third kappa shape index (κ3) is 3.47. The predicted octanol–water partition coefficient (Wildman–Crippen LogP) is 3.71. The average molecular weight is 287 g/mol. The summed E-state index contributed by atoms with van der Waals surface area (Å²) < 4.78 is 37.0. The van der Waals surface area contributed by atoms with E-state index in [-0.39, 0.29) is 29.4 Å². The van der Waals surface area contributed by atoms with E-state index in [2.05, 4.69) is 15.9 Å². The largest absolute Gasteiger partial charge is 0.391 e. The lowest BCUT2D eigenvalue weighted by atomic mass is 9.79. The molecule has 1 aliphatic rings. The fourth-order valence-electron chi connectivity index (χ4n) is 2.03. The Balaban J connectivity index is 2.46. The summed E-state index contributed by atoms with van der Waals surface area (Å²) in [5.41, 5.74) is 0. The second-order valence-corrected chi connectivity index (χ2v) is 5.48. The standard InChI is InChI=1S/C10H14BrF3O/c1-6(11)9(15)7-2-4-8(5-3-7)10(12,13)14/h6-8H,2-5H2,1H3. The summed E-state index contributed by atoms with van der Waals surface area (Å²) in [6.45, 7) is 1.72. The van der Waals surface area contributed by atoms with Crippen LogP contribution >= 0.6 is 15.9 Å². The molecule has 15 heavy (non-hydrogen) atoms. The van der Waals surface area contributed by atoms with E-state index in [1.54, 1.807) is 6.92 Å². The first kappa shape index (κ1) is 13.0. The van der Waals surface area contributed by atoms with Gasteiger partial charge in [0.05, 0.1) is 10.7 Å². The highest BCUT2D eigenvalue weighted by Crippen LogP contribution is 2.40. The van der Waals surface area contributed by atoms with Crippen molar-refractivity contribution in [3.05, 3.63) is 0 Å². The van der Waals surface area contributed by atoms with Crippen molar-refractivity contribution in [3.63, 3.8) is 0 Å². The quantitative estimate of drug-likeness (QED) is 0.708. The number of hydrogen-bond acceptors (Lipinski definition) is 1. The van der Waals surface area contributed by atoms with Crippen LogP contribution in [0, 0.1) is 11.8 Å². The Kier molecular flexibility index (Phi) is 4.20. The molecule has 0 spiro atoms. The van der Waals surface area contributed by atoms with E-state index in [4.69, 9.17) is 0 Å². The van der Waals surface area contributed by atoms with Gasteiger partial charge in [-0.15, -0.1) is 0 Å². The van der Waals surface area contributed by atoms with Gasteiger partial charge in [-0.1, -0.05) is 15.9 Å². The number of rotatable bonds is 2. The normalized spacial score (nSPS) is 29.9. The van der Waals surface area contributed by atoms with E-state index in [1.165, 1.54) is 0 Å². The number of ketones is 1. The Labute approximate surface area is 95.5 Å². The summed E-state index contributed by atoms with van der Waals surface area (Å²) in [7, 11) is 0. The van der Waals surface area contributed by atoms with E-state index in [1.807, 2.05) is 0 Å². The van der Waals surface area contributed by atoms with Crippen LogP contribution in [0.15, 0.2) is 0 Å². The molecule has 0 radical (unpaired) electrons. The molecule has 0 aromatic heterocycles. The molecule has 0 amide bonds. The van der Waals surface area contributed by atoms with Gasteiger partial charge in [0.15, 0.2) is 0 Å². The number of Topliss-reactive ketones (excluding diaryl/α,β-unsaturated/α-hetero) is 1. The van der Waals surface area contributed by atoms with Crippen molar-refractivity contribution >= 4 is 21.7 Å². The summed E-state index contributed by atoms with van der Waals surface area (Å²) in [5, 5.41) is 0. The Morgan fingerprint density at radius 3 is 2.07 bits per heavy atom. The zero-order valence-electron chi connectivity index (χ0n) is 8.48. The molecule has 88 valence electrons. The van der Waals surface area contributed by atoms with Gasteiger partial charge in [-0.2, -0.15) is 13.2 Å². The molecule has 0 aromatic carbocycles. The lowest BCUT2D eigenvalue weighted by Gasteiger charge is -2.29. The number of hydrogen-bond donors (Lipinski definition) is 0. The molecule has 0 N–H and O–H groups in total. The molecule has 0 bridgehead atoms. The van der Waals surface area contributed by atoms with Crippen LogP contribution in [0.4, 0.5) is 13.2 Å². The zero-order valence-corrected chi connectivity index (χ0v) is 10.1. The van der Waals surface area contributed by atoms with Crippen LogP contribution in [0.25, 0.3) is 0 Å². The highest BCUT2D eigenvalue weighted by Gasteiger charge is 2.42. The summed E-state index contributed by atoms with van der Waals surface area (Å²) in [4.78, 5) is 11.3. The molecule has 0 aromatic rings. The van der Waals surface area contributed by atoms with E-state index < -0.39 is 12.1 Å². The van der Waals surface area contributed by atoms with Crippen LogP contribution in [0.5, 0.6) is 0 Å². The number of carbonyl (C=O) groups is 1. The number of halogens is 4. The molecule has 0 heterocycles. The Morgan fingerprint density at radius 2 is 1.73 bits per heavy atom. The van der Waals surface area contributed by atoms with Gasteiger partial charge in [0, 0.05) is 5.92 Å². The molecule has 0 aliphatic heterocycles. The fraction of sp³-hybridized carbons (Fsp3) is 0.900. The van der Waals surface area contributed by atoms with Crippen LogP contribution in [-0.4, -0.2) is 16.8 Å². The van der Waals surface area contributed by atoms with E-state index in [9.17, 15) is 18.0 Å². The molecule has 0 saturated heterocycles. The maximum absolute atomic E-state index is 12.3. The average Bonchev–Trinajstić information content (AvgIpc) is 2.15. The van der Waals surface area contributed by atoms with E-state index in [0.717, 1.165) is 0 Å². The summed E-state index contributed by atoms with van der Waals surface area (Å²) >= 11 is 3.16. The first-order chi connectivity index (χ1) is 6.82. The van der Waals surface area contributed by atoms with Crippen LogP contribution in [0.3, 0.4) is 0 Å². The SMILES string of the molecule is CC(Br)C(=O)C1CCC(C(F)(F)F)CC1. The second kappa shape index (κ2) is 4.85. The Morgan fingerprint density at radius 1 is 1.27 bits per heavy atom. The lowest BCUT2D eigenvalue weighted by molar-refractivity contribution is -0.184. The van der Waals surface area contributed by atoms with E-state index in [0.29, 0.717) is 12.8 Å². The van der Waals surface area contributed by atoms with Crippen LogP contribution in [-0.2, 0) is 4.79 Å². The smallest absolute Gasteiger partial charge is 0.298 e. The minimum atomic E-state index is -4.09. The van der Waals surface area contributed by atoms with Crippen LogP contribution < -0.4 is 0 Å². The first-order valence-corrected chi connectivity index (χ1v) is 5.98. The van der Waals surface area contributed by atoms with E-state index >= 15 is 0 Å². The van der Waals surface area contributed by atoms with Crippen molar-refractivity contribution in [2.75, 3.05) is 0 Å². The van der Waals surface area contributed by atoms with Gasteiger partial charge in [0.2, 0.25) is 0 Å². The monoisotopic (exact) mass is 286 g/mol. The van der Waals surface area contributed by atoms with Crippen molar-refractivity contribution in [1.82, 2.24) is 0 Å². The molecule has 1 nitrogen and oxygen atoms in total. The van der Waals surface area contributed by atoms with Crippen molar-refractivity contribution in [1.29, 1.82) is 0 Å². The number of alkyl halides is 4. The van der Waals surface area contributed by atoms with Gasteiger partial charge in [0.25, 0.3) is 0 Å². The van der Waals surface area contributed by atoms with Crippen LogP contribution in [0.1, 0.15) is 32.6 Å². The molecule has 1 fully saturated rings. The minimum absolute atomic E-state index is 0.0376. The Bertz CT molecular complexity index is 229. The summed E-state index contributed by atoms with van der Waals surface area (Å²) in [5.74, 6) is -1.35. The van der Waals surface area contributed by atoms with Gasteiger partial charge >= 0.3 is 6.18 Å². The van der Waals surface area contributed by atoms with Gasteiger partial charge in [-0.25, -0.2) is 0 Å². The molecule has 1 rings (SSSR count). The van der Waals surface area contributed by atoms with Crippen LogP contribution in [0.2, 0.25) is 0 Å². The zero-order chi connectivity index (χ0) is 11.6. The summed E-state index contributed by atoms with van der Waals surface area (Å²) in [6, 6.07) is 0. The highest BCUT2D eigenvalue weighted by atomic mass is 79.9. The first-order valence-electron chi connectivity index (χ1n) is 5.07. The summed E-state index contributed by atoms with van der Waals surface area (Å²) in [6.07, 6.45) is -3.15. The molecule has 1 aliphatic carbocycles. The fourth-order valence-corrected chi connectivity index (χ4v) is 2.40. The van der Waals surface area contributed by atoms with Gasteiger partial charge in [0.1, 0.15) is 5.78 Å². The van der Waals surface area contributed by atoms with Gasteiger partial charge in [-0.3, -0.25) is 4.79 Å². The molecule has 1 unspecified atom stereocenters. The molecular weight excluding hydrogens is 273 g/mol. The lowest BCUT2D eigenvalue weighted by Crippen LogP contribution is -2.32. The predicted molar refractivity (Wildman–Crippen MR) is 54.9 cm³/mol. The van der Waals surface area contributed by atoms with Crippen molar-refractivity contribution in [2.45, 2.75) is 43.6 Å². The van der Waals surface area contributed by atoms with Crippen molar-refractivity contribution in [2.24, 2.45) is 11.8 Å². The van der Waals surface area contributed by atoms with Crippen molar-refractivity contribution < 1.29 is 18.0 Å².